The van der Waals surface area contributed by atoms with E-state index in [0.717, 1.165) is 5.69 Å². The maximum Gasteiger partial charge on any atom is 0.213 e. The maximum absolute atomic E-state index is 5.51. The molecule has 2 heterocycles. The molecule has 0 saturated carbocycles. The zero-order valence-electron chi connectivity index (χ0n) is 8.42. The van der Waals surface area contributed by atoms with Gasteiger partial charge in [-0.3, -0.25) is 4.68 Å². The Morgan fingerprint density at radius 2 is 2.27 bits per heavy atom. The standard InChI is InChI=1S/C10H12N4O/c1-15-10-4-2-3-8(12-10)7-14-6-5-9(11)13-14/h2-6H,7H2,1H3,(H2,11,13). The summed E-state index contributed by atoms with van der Waals surface area (Å²) in [5, 5.41) is 4.08. The predicted octanol–water partition coefficient (Wildman–Crippen LogP) is 0.917. The fourth-order valence-electron chi connectivity index (χ4n) is 1.29. The van der Waals surface area contributed by atoms with E-state index in [9.17, 15) is 0 Å². The molecule has 2 N–H and O–H groups in total. The number of hydrogen-bond donors (Lipinski definition) is 1. The van der Waals surface area contributed by atoms with E-state index in [1.807, 2.05) is 18.3 Å². The number of nitrogens with two attached hydrogens (primary N) is 1. The van der Waals surface area contributed by atoms with E-state index in [1.165, 1.54) is 0 Å². The Morgan fingerprint density at radius 3 is 2.93 bits per heavy atom. The summed E-state index contributed by atoms with van der Waals surface area (Å²) in [6, 6.07) is 7.37. The normalized spacial score (nSPS) is 10.2. The second kappa shape index (κ2) is 4.00. The van der Waals surface area contributed by atoms with E-state index in [2.05, 4.69) is 10.1 Å². The number of anilines is 1. The molecular weight excluding hydrogens is 192 g/mol. The molecule has 0 saturated heterocycles. The molecule has 0 aliphatic rings. The van der Waals surface area contributed by atoms with Crippen molar-refractivity contribution in [2.75, 3.05) is 12.8 Å². The van der Waals surface area contributed by atoms with Crippen LogP contribution in [0.2, 0.25) is 0 Å². The number of hydrogen-bond acceptors (Lipinski definition) is 4. The minimum atomic E-state index is 0.512. The van der Waals surface area contributed by atoms with Crippen LogP contribution in [0.25, 0.3) is 0 Å². The summed E-state index contributed by atoms with van der Waals surface area (Å²) in [5.74, 6) is 1.12. The van der Waals surface area contributed by atoms with Crippen molar-refractivity contribution in [1.29, 1.82) is 0 Å². The van der Waals surface area contributed by atoms with Crippen LogP contribution in [0.5, 0.6) is 5.88 Å². The lowest BCUT2D eigenvalue weighted by atomic mass is 10.3. The zero-order chi connectivity index (χ0) is 10.7. The van der Waals surface area contributed by atoms with Crippen LogP contribution >= 0.6 is 0 Å². The van der Waals surface area contributed by atoms with Gasteiger partial charge in [-0.15, -0.1) is 0 Å². The van der Waals surface area contributed by atoms with Crippen LogP contribution in [0.1, 0.15) is 5.69 Å². The monoisotopic (exact) mass is 204 g/mol. The highest BCUT2D eigenvalue weighted by atomic mass is 16.5. The Morgan fingerprint density at radius 1 is 1.40 bits per heavy atom. The second-order valence-corrected chi connectivity index (χ2v) is 3.11. The van der Waals surface area contributed by atoms with Gasteiger partial charge >= 0.3 is 0 Å². The molecule has 2 aromatic heterocycles. The topological polar surface area (TPSA) is 66.0 Å². The minimum absolute atomic E-state index is 0.512. The number of nitrogens with zero attached hydrogens (tertiary/aromatic N) is 3. The molecule has 0 radical (unpaired) electrons. The number of aromatic nitrogens is 3. The third-order valence-corrected chi connectivity index (χ3v) is 1.98. The first-order valence-corrected chi connectivity index (χ1v) is 4.57. The minimum Gasteiger partial charge on any atom is -0.481 e. The molecule has 0 amide bonds. The van der Waals surface area contributed by atoms with Gasteiger partial charge in [0.05, 0.1) is 19.3 Å². The molecule has 78 valence electrons. The summed E-state index contributed by atoms with van der Waals surface area (Å²) in [5.41, 5.74) is 6.40. The van der Waals surface area contributed by atoms with Gasteiger partial charge in [0.2, 0.25) is 5.88 Å². The lowest BCUT2D eigenvalue weighted by Crippen LogP contribution is -2.03. The van der Waals surface area contributed by atoms with Crippen LogP contribution in [0.4, 0.5) is 5.82 Å². The Balaban J connectivity index is 2.16. The van der Waals surface area contributed by atoms with Crippen molar-refractivity contribution in [3.8, 4) is 5.88 Å². The van der Waals surface area contributed by atoms with Gasteiger partial charge in [0.25, 0.3) is 0 Å². The highest BCUT2D eigenvalue weighted by Crippen LogP contribution is 2.08. The molecule has 0 atom stereocenters. The Bertz CT molecular complexity index is 452. The van der Waals surface area contributed by atoms with E-state index >= 15 is 0 Å². The molecule has 0 bridgehead atoms. The van der Waals surface area contributed by atoms with Crippen molar-refractivity contribution in [1.82, 2.24) is 14.8 Å². The average molecular weight is 204 g/mol. The molecule has 5 nitrogen and oxygen atoms in total. The molecule has 2 aromatic rings. The van der Waals surface area contributed by atoms with Crippen LogP contribution in [-0.2, 0) is 6.54 Å². The maximum atomic E-state index is 5.51. The van der Waals surface area contributed by atoms with Gasteiger partial charge in [0.1, 0.15) is 5.82 Å². The summed E-state index contributed by atoms with van der Waals surface area (Å²) in [7, 11) is 1.60. The summed E-state index contributed by atoms with van der Waals surface area (Å²) in [4.78, 5) is 4.27. The van der Waals surface area contributed by atoms with Crippen LogP contribution in [-0.4, -0.2) is 21.9 Å². The number of ether oxygens (including phenoxy) is 1. The van der Waals surface area contributed by atoms with Crippen molar-refractivity contribution in [2.45, 2.75) is 6.54 Å². The van der Waals surface area contributed by atoms with Crippen LogP contribution in [0.3, 0.4) is 0 Å². The fourth-order valence-corrected chi connectivity index (χ4v) is 1.29. The molecule has 2 rings (SSSR count). The summed E-state index contributed by atoms with van der Waals surface area (Å²) < 4.78 is 6.77. The number of nitrogen functional groups attached to an aromatic ring is 1. The second-order valence-electron chi connectivity index (χ2n) is 3.11. The van der Waals surface area contributed by atoms with Gasteiger partial charge < -0.3 is 10.5 Å². The third-order valence-electron chi connectivity index (χ3n) is 1.98. The van der Waals surface area contributed by atoms with Gasteiger partial charge in [0, 0.05) is 12.3 Å². The zero-order valence-corrected chi connectivity index (χ0v) is 8.42. The van der Waals surface area contributed by atoms with Crippen molar-refractivity contribution >= 4 is 5.82 Å². The highest BCUT2D eigenvalue weighted by Gasteiger charge is 2.00. The van der Waals surface area contributed by atoms with Crippen LogP contribution in [0, 0.1) is 0 Å². The van der Waals surface area contributed by atoms with Crippen LogP contribution in [0.15, 0.2) is 30.5 Å². The lowest BCUT2D eigenvalue weighted by Gasteiger charge is -2.03. The van der Waals surface area contributed by atoms with Crippen molar-refractivity contribution < 1.29 is 4.74 Å². The molecular formula is C10H12N4O. The van der Waals surface area contributed by atoms with Gasteiger partial charge in [-0.05, 0) is 12.1 Å². The van der Waals surface area contributed by atoms with Gasteiger partial charge in [-0.2, -0.15) is 5.10 Å². The first-order chi connectivity index (χ1) is 7.28. The van der Waals surface area contributed by atoms with Gasteiger partial charge in [-0.25, -0.2) is 4.98 Å². The lowest BCUT2D eigenvalue weighted by molar-refractivity contribution is 0.395. The Kier molecular flexibility index (Phi) is 2.53. The van der Waals surface area contributed by atoms with Crippen LogP contribution < -0.4 is 10.5 Å². The smallest absolute Gasteiger partial charge is 0.213 e. The summed E-state index contributed by atoms with van der Waals surface area (Å²) in [6.45, 7) is 0.592. The first-order valence-electron chi connectivity index (χ1n) is 4.57. The van der Waals surface area contributed by atoms with E-state index in [4.69, 9.17) is 10.5 Å². The molecule has 0 unspecified atom stereocenters. The predicted molar refractivity (Wildman–Crippen MR) is 56.5 cm³/mol. The fraction of sp³-hybridized carbons (Fsp3) is 0.200. The number of rotatable bonds is 3. The third kappa shape index (κ3) is 2.25. The number of pyridine rings is 1. The average Bonchev–Trinajstić information content (AvgIpc) is 2.64. The number of methoxy groups -OCH3 is 1. The largest absolute Gasteiger partial charge is 0.481 e. The van der Waals surface area contributed by atoms with E-state index in [0.29, 0.717) is 18.2 Å². The highest BCUT2D eigenvalue weighted by molar-refractivity contribution is 5.24. The Hall–Kier alpha value is -2.04. The van der Waals surface area contributed by atoms with Crippen molar-refractivity contribution in [3.05, 3.63) is 36.2 Å². The van der Waals surface area contributed by atoms with Crippen molar-refractivity contribution in [3.63, 3.8) is 0 Å². The van der Waals surface area contributed by atoms with E-state index in [-0.39, 0.29) is 0 Å². The van der Waals surface area contributed by atoms with Gasteiger partial charge in [0.15, 0.2) is 0 Å². The van der Waals surface area contributed by atoms with Gasteiger partial charge in [-0.1, -0.05) is 6.07 Å². The summed E-state index contributed by atoms with van der Waals surface area (Å²) in [6.07, 6.45) is 1.82. The SMILES string of the molecule is COc1cccc(Cn2ccc(N)n2)n1. The molecule has 0 aromatic carbocycles. The molecule has 0 spiro atoms. The first kappa shape index (κ1) is 9.51. The van der Waals surface area contributed by atoms with E-state index < -0.39 is 0 Å². The molecule has 0 aliphatic carbocycles. The Labute approximate surface area is 87.5 Å². The molecule has 0 aliphatic heterocycles. The molecule has 5 heteroatoms. The van der Waals surface area contributed by atoms with Crippen molar-refractivity contribution in [2.24, 2.45) is 0 Å². The molecule has 0 fully saturated rings. The summed E-state index contributed by atoms with van der Waals surface area (Å²) >= 11 is 0. The quantitative estimate of drug-likeness (QED) is 0.807. The molecule has 15 heavy (non-hydrogen) atoms. The van der Waals surface area contributed by atoms with E-state index in [1.54, 1.807) is 23.9 Å².